The minimum Gasteiger partial charge on any atom is -0.491 e. The lowest BCUT2D eigenvalue weighted by molar-refractivity contribution is -0.385. The zero-order valence-corrected chi connectivity index (χ0v) is 10.4. The van der Waals surface area contributed by atoms with Crippen LogP contribution in [0.15, 0.2) is 18.2 Å². The molecule has 1 aliphatic rings. The van der Waals surface area contributed by atoms with Crippen LogP contribution in [-0.4, -0.2) is 24.2 Å². The molecule has 2 rings (SSSR count). The van der Waals surface area contributed by atoms with Gasteiger partial charge in [0.1, 0.15) is 24.0 Å². The molecule has 100 valence electrons. The van der Waals surface area contributed by atoms with E-state index < -0.39 is 4.92 Å². The van der Waals surface area contributed by atoms with Gasteiger partial charge < -0.3 is 9.47 Å². The molecule has 0 N–H and O–H groups in total. The number of nitriles is 1. The molecule has 1 saturated heterocycles. The maximum Gasteiger partial charge on any atom is 0.290 e. The van der Waals surface area contributed by atoms with E-state index in [-0.39, 0.29) is 17.4 Å². The predicted octanol–water partition coefficient (Wildman–Crippen LogP) is 2.41. The summed E-state index contributed by atoms with van der Waals surface area (Å²) in [7, 11) is 0. The highest BCUT2D eigenvalue weighted by atomic mass is 16.6. The third-order valence-electron chi connectivity index (χ3n) is 3.00. The standard InChI is InChI=1S/C13H14N2O4/c14-8-10-4-5-11(7-13(10)15(16)17)19-9-12-3-1-2-6-18-12/h4-5,7,12H,1-3,6,9H2. The molecule has 1 heterocycles. The summed E-state index contributed by atoms with van der Waals surface area (Å²) in [6.45, 7) is 1.12. The van der Waals surface area contributed by atoms with Crippen molar-refractivity contribution >= 4 is 5.69 Å². The van der Waals surface area contributed by atoms with Gasteiger partial charge in [-0.2, -0.15) is 5.26 Å². The molecule has 1 aromatic carbocycles. The van der Waals surface area contributed by atoms with Gasteiger partial charge in [0.15, 0.2) is 0 Å². The van der Waals surface area contributed by atoms with Crippen LogP contribution in [0.4, 0.5) is 5.69 Å². The van der Waals surface area contributed by atoms with Gasteiger partial charge >= 0.3 is 0 Å². The fourth-order valence-electron chi connectivity index (χ4n) is 1.97. The van der Waals surface area contributed by atoms with Gasteiger partial charge in [-0.1, -0.05) is 0 Å². The Labute approximate surface area is 110 Å². The number of nitrogens with zero attached hydrogens (tertiary/aromatic N) is 2. The van der Waals surface area contributed by atoms with Crippen molar-refractivity contribution in [3.8, 4) is 11.8 Å². The van der Waals surface area contributed by atoms with Crippen molar-refractivity contribution < 1.29 is 14.4 Å². The van der Waals surface area contributed by atoms with E-state index in [1.165, 1.54) is 12.1 Å². The maximum absolute atomic E-state index is 10.8. The van der Waals surface area contributed by atoms with Gasteiger partial charge in [-0.05, 0) is 31.4 Å². The quantitative estimate of drug-likeness (QED) is 0.614. The van der Waals surface area contributed by atoms with Crippen molar-refractivity contribution in [3.63, 3.8) is 0 Å². The van der Waals surface area contributed by atoms with Crippen molar-refractivity contribution in [2.45, 2.75) is 25.4 Å². The number of ether oxygens (including phenoxy) is 2. The average Bonchev–Trinajstić information content (AvgIpc) is 2.46. The largest absolute Gasteiger partial charge is 0.491 e. The Morgan fingerprint density at radius 3 is 3.00 bits per heavy atom. The van der Waals surface area contributed by atoms with Gasteiger partial charge in [-0.25, -0.2) is 0 Å². The monoisotopic (exact) mass is 262 g/mol. The second-order valence-electron chi connectivity index (χ2n) is 4.35. The summed E-state index contributed by atoms with van der Waals surface area (Å²) in [5, 5.41) is 19.6. The molecule has 1 atom stereocenters. The molecule has 0 saturated carbocycles. The summed E-state index contributed by atoms with van der Waals surface area (Å²) in [6.07, 6.45) is 3.17. The summed E-state index contributed by atoms with van der Waals surface area (Å²) in [5.41, 5.74) is -0.198. The molecule has 1 fully saturated rings. The van der Waals surface area contributed by atoms with Crippen molar-refractivity contribution in [1.82, 2.24) is 0 Å². The highest BCUT2D eigenvalue weighted by Gasteiger charge is 2.17. The van der Waals surface area contributed by atoms with Gasteiger partial charge in [-0.3, -0.25) is 10.1 Å². The first-order chi connectivity index (χ1) is 9.20. The van der Waals surface area contributed by atoms with E-state index in [0.717, 1.165) is 25.9 Å². The van der Waals surface area contributed by atoms with Crippen molar-refractivity contribution in [2.75, 3.05) is 13.2 Å². The first-order valence-corrected chi connectivity index (χ1v) is 6.13. The molecule has 1 unspecified atom stereocenters. The molecule has 0 bridgehead atoms. The fraction of sp³-hybridized carbons (Fsp3) is 0.462. The van der Waals surface area contributed by atoms with E-state index in [2.05, 4.69) is 0 Å². The third-order valence-corrected chi connectivity index (χ3v) is 3.00. The van der Waals surface area contributed by atoms with Gasteiger partial charge in [0.25, 0.3) is 5.69 Å². The Hall–Kier alpha value is -2.13. The molecule has 19 heavy (non-hydrogen) atoms. The molecular weight excluding hydrogens is 248 g/mol. The molecule has 0 aromatic heterocycles. The molecular formula is C13H14N2O4. The number of nitro groups is 1. The molecule has 6 heteroatoms. The van der Waals surface area contributed by atoms with Crippen LogP contribution in [0.25, 0.3) is 0 Å². The average molecular weight is 262 g/mol. The molecule has 1 aromatic rings. The Kier molecular flexibility index (Phi) is 4.31. The molecule has 0 radical (unpaired) electrons. The van der Waals surface area contributed by atoms with Crippen LogP contribution in [0, 0.1) is 21.4 Å². The second kappa shape index (κ2) is 6.16. The number of hydrogen-bond acceptors (Lipinski definition) is 5. The highest BCUT2D eigenvalue weighted by Crippen LogP contribution is 2.24. The Morgan fingerprint density at radius 1 is 1.53 bits per heavy atom. The minimum absolute atomic E-state index is 0.0336. The zero-order chi connectivity index (χ0) is 13.7. The smallest absolute Gasteiger partial charge is 0.290 e. The topological polar surface area (TPSA) is 85.4 Å². The highest BCUT2D eigenvalue weighted by molar-refractivity contribution is 5.52. The lowest BCUT2D eigenvalue weighted by Gasteiger charge is -2.22. The van der Waals surface area contributed by atoms with Crippen LogP contribution >= 0.6 is 0 Å². The number of hydrogen-bond donors (Lipinski definition) is 0. The molecule has 1 aliphatic heterocycles. The first-order valence-electron chi connectivity index (χ1n) is 6.13. The minimum atomic E-state index is -0.581. The summed E-state index contributed by atoms with van der Waals surface area (Å²) >= 11 is 0. The normalized spacial score (nSPS) is 18.6. The van der Waals surface area contributed by atoms with Gasteiger partial charge in [0.2, 0.25) is 0 Å². The Balaban J connectivity index is 2.02. The SMILES string of the molecule is N#Cc1ccc(OCC2CCCCO2)cc1[N+](=O)[O-]. The summed E-state index contributed by atoms with van der Waals surface area (Å²) in [4.78, 5) is 10.2. The number of benzene rings is 1. The van der Waals surface area contributed by atoms with Crippen molar-refractivity contribution in [1.29, 1.82) is 5.26 Å². The summed E-state index contributed by atoms with van der Waals surface area (Å²) < 4.78 is 11.0. The van der Waals surface area contributed by atoms with Crippen molar-refractivity contribution in [3.05, 3.63) is 33.9 Å². The summed E-state index contributed by atoms with van der Waals surface area (Å²) in [6, 6.07) is 6.03. The van der Waals surface area contributed by atoms with Crippen LogP contribution in [0.3, 0.4) is 0 Å². The van der Waals surface area contributed by atoms with Crippen LogP contribution in [0.1, 0.15) is 24.8 Å². The second-order valence-corrected chi connectivity index (χ2v) is 4.35. The molecule has 0 amide bonds. The van der Waals surface area contributed by atoms with E-state index in [1.54, 1.807) is 12.1 Å². The number of nitro benzene ring substituents is 1. The van der Waals surface area contributed by atoms with Gasteiger partial charge in [-0.15, -0.1) is 0 Å². The third kappa shape index (κ3) is 3.42. The lowest BCUT2D eigenvalue weighted by Crippen LogP contribution is -2.25. The Morgan fingerprint density at radius 2 is 2.37 bits per heavy atom. The molecule has 6 nitrogen and oxygen atoms in total. The molecule has 0 aliphatic carbocycles. The predicted molar refractivity (Wildman–Crippen MR) is 66.9 cm³/mol. The van der Waals surface area contributed by atoms with Crippen molar-refractivity contribution in [2.24, 2.45) is 0 Å². The van der Waals surface area contributed by atoms with Crippen LogP contribution < -0.4 is 4.74 Å². The first kappa shape index (κ1) is 13.3. The Bertz CT molecular complexity index is 504. The van der Waals surface area contributed by atoms with E-state index >= 15 is 0 Å². The number of rotatable bonds is 4. The maximum atomic E-state index is 10.8. The van der Waals surface area contributed by atoms with Crippen LogP contribution in [0.5, 0.6) is 5.75 Å². The van der Waals surface area contributed by atoms with Gasteiger partial charge in [0, 0.05) is 6.61 Å². The fourth-order valence-corrected chi connectivity index (χ4v) is 1.97. The van der Waals surface area contributed by atoms with E-state index in [9.17, 15) is 10.1 Å². The van der Waals surface area contributed by atoms with E-state index in [0.29, 0.717) is 12.4 Å². The zero-order valence-electron chi connectivity index (χ0n) is 10.4. The van der Waals surface area contributed by atoms with E-state index in [1.807, 2.05) is 0 Å². The van der Waals surface area contributed by atoms with Gasteiger partial charge in [0.05, 0.1) is 17.1 Å². The lowest BCUT2D eigenvalue weighted by atomic mass is 10.1. The van der Waals surface area contributed by atoms with Crippen LogP contribution in [0.2, 0.25) is 0 Å². The molecule has 0 spiro atoms. The summed E-state index contributed by atoms with van der Waals surface area (Å²) in [5.74, 6) is 0.389. The van der Waals surface area contributed by atoms with Crippen LogP contribution in [-0.2, 0) is 4.74 Å². The van der Waals surface area contributed by atoms with E-state index in [4.69, 9.17) is 14.7 Å².